The van der Waals surface area contributed by atoms with Crippen molar-refractivity contribution in [1.29, 1.82) is 0 Å². The lowest BCUT2D eigenvalue weighted by molar-refractivity contribution is 0.0281. The van der Waals surface area contributed by atoms with Gasteiger partial charge in [0, 0.05) is 12.2 Å². The van der Waals surface area contributed by atoms with Crippen LogP contribution in [0.15, 0.2) is 18.2 Å². The minimum Gasteiger partial charge on any atom is -0.497 e. The molecule has 1 fully saturated rings. The Bertz CT molecular complexity index is 509. The van der Waals surface area contributed by atoms with Gasteiger partial charge in [0.05, 0.1) is 12.7 Å². The molecule has 122 valence electrons. The SMILES string of the molecule is COc1ccc(NC(=O)NCC2(O)CCCCCC2)c(C)c1. The molecule has 5 nitrogen and oxygen atoms in total. The Balaban J connectivity index is 1.87. The Labute approximate surface area is 132 Å². The molecular formula is C17H26N2O3. The second-order valence-corrected chi connectivity index (χ2v) is 6.13. The van der Waals surface area contributed by atoms with Crippen LogP contribution >= 0.6 is 0 Å². The van der Waals surface area contributed by atoms with Crippen molar-refractivity contribution in [1.82, 2.24) is 5.32 Å². The second kappa shape index (κ2) is 7.49. The average molecular weight is 306 g/mol. The summed E-state index contributed by atoms with van der Waals surface area (Å²) >= 11 is 0. The van der Waals surface area contributed by atoms with Crippen LogP contribution in [-0.4, -0.2) is 30.4 Å². The first-order chi connectivity index (χ1) is 10.5. The lowest BCUT2D eigenvalue weighted by atomic mass is 9.95. The molecule has 1 aromatic rings. The first-order valence-corrected chi connectivity index (χ1v) is 7.94. The van der Waals surface area contributed by atoms with E-state index >= 15 is 0 Å². The summed E-state index contributed by atoms with van der Waals surface area (Å²) in [5.41, 5.74) is 0.914. The molecule has 3 N–H and O–H groups in total. The van der Waals surface area contributed by atoms with Crippen LogP contribution in [0.4, 0.5) is 10.5 Å². The van der Waals surface area contributed by atoms with Crippen LogP contribution in [0.1, 0.15) is 44.1 Å². The molecule has 2 rings (SSSR count). The molecule has 0 unspecified atom stereocenters. The first kappa shape index (κ1) is 16.6. The normalized spacial score (nSPS) is 17.4. The highest BCUT2D eigenvalue weighted by atomic mass is 16.5. The fourth-order valence-electron chi connectivity index (χ4n) is 2.88. The van der Waals surface area contributed by atoms with Gasteiger partial charge in [0.1, 0.15) is 5.75 Å². The number of anilines is 1. The van der Waals surface area contributed by atoms with Crippen molar-refractivity contribution >= 4 is 11.7 Å². The molecule has 2 amide bonds. The van der Waals surface area contributed by atoms with Crippen LogP contribution in [0.3, 0.4) is 0 Å². The fraction of sp³-hybridized carbons (Fsp3) is 0.588. The Hall–Kier alpha value is -1.75. The molecule has 0 heterocycles. The van der Waals surface area contributed by atoms with Crippen LogP contribution in [-0.2, 0) is 0 Å². The summed E-state index contributed by atoms with van der Waals surface area (Å²) in [6, 6.07) is 5.20. The molecule has 22 heavy (non-hydrogen) atoms. The third-order valence-electron chi connectivity index (χ3n) is 4.29. The summed E-state index contributed by atoms with van der Waals surface area (Å²) in [6.45, 7) is 2.21. The number of hydrogen-bond donors (Lipinski definition) is 3. The summed E-state index contributed by atoms with van der Waals surface area (Å²) in [5.74, 6) is 0.760. The number of ether oxygens (including phenoxy) is 1. The summed E-state index contributed by atoms with van der Waals surface area (Å²) in [7, 11) is 1.61. The van der Waals surface area contributed by atoms with Gasteiger partial charge in [-0.3, -0.25) is 0 Å². The summed E-state index contributed by atoms with van der Waals surface area (Å²) in [4.78, 5) is 12.0. The number of nitrogens with one attached hydrogen (secondary N) is 2. The smallest absolute Gasteiger partial charge is 0.319 e. The van der Waals surface area contributed by atoms with Crippen LogP contribution in [0, 0.1) is 6.92 Å². The van der Waals surface area contributed by atoms with E-state index in [1.165, 1.54) is 12.8 Å². The highest BCUT2D eigenvalue weighted by Crippen LogP contribution is 2.26. The van der Waals surface area contributed by atoms with E-state index in [-0.39, 0.29) is 6.03 Å². The van der Waals surface area contributed by atoms with Crippen molar-refractivity contribution < 1.29 is 14.6 Å². The zero-order valence-electron chi connectivity index (χ0n) is 13.4. The predicted octanol–water partition coefficient (Wildman–Crippen LogP) is 3.21. The van der Waals surface area contributed by atoms with Gasteiger partial charge in [-0.05, 0) is 43.5 Å². The number of carbonyl (C=O) groups excluding carboxylic acids is 1. The quantitative estimate of drug-likeness (QED) is 0.748. The number of aryl methyl sites for hydroxylation is 1. The fourth-order valence-corrected chi connectivity index (χ4v) is 2.88. The van der Waals surface area contributed by atoms with Crippen LogP contribution in [0.5, 0.6) is 5.75 Å². The van der Waals surface area contributed by atoms with Crippen molar-refractivity contribution in [2.75, 3.05) is 19.0 Å². The summed E-state index contributed by atoms with van der Waals surface area (Å²) in [6.07, 6.45) is 5.90. The number of hydrogen-bond acceptors (Lipinski definition) is 3. The zero-order chi connectivity index (χ0) is 16.0. The van der Waals surface area contributed by atoms with Gasteiger partial charge in [0.15, 0.2) is 0 Å². The molecule has 0 aliphatic heterocycles. The molecule has 0 spiro atoms. The lowest BCUT2D eigenvalue weighted by Gasteiger charge is -2.26. The zero-order valence-corrected chi connectivity index (χ0v) is 13.4. The van der Waals surface area contributed by atoms with Gasteiger partial charge in [0.2, 0.25) is 0 Å². The highest BCUT2D eigenvalue weighted by Gasteiger charge is 2.28. The highest BCUT2D eigenvalue weighted by molar-refractivity contribution is 5.90. The number of rotatable bonds is 4. The maximum Gasteiger partial charge on any atom is 0.319 e. The molecule has 0 radical (unpaired) electrons. The predicted molar refractivity (Wildman–Crippen MR) is 87.4 cm³/mol. The van der Waals surface area contributed by atoms with E-state index in [0.29, 0.717) is 6.54 Å². The van der Waals surface area contributed by atoms with Gasteiger partial charge in [-0.25, -0.2) is 4.79 Å². The Morgan fingerprint density at radius 2 is 1.95 bits per heavy atom. The third kappa shape index (κ3) is 4.63. The van der Waals surface area contributed by atoms with E-state index in [9.17, 15) is 9.90 Å². The minimum absolute atomic E-state index is 0.286. The average Bonchev–Trinajstić information content (AvgIpc) is 2.72. The van der Waals surface area contributed by atoms with Crippen molar-refractivity contribution in [3.05, 3.63) is 23.8 Å². The summed E-state index contributed by atoms with van der Waals surface area (Å²) < 4.78 is 5.15. The van der Waals surface area contributed by atoms with Crippen LogP contribution < -0.4 is 15.4 Å². The van der Waals surface area contributed by atoms with Gasteiger partial charge < -0.3 is 20.5 Å². The van der Waals surface area contributed by atoms with Gasteiger partial charge in [-0.2, -0.15) is 0 Å². The van der Waals surface area contributed by atoms with E-state index in [0.717, 1.165) is 42.7 Å². The monoisotopic (exact) mass is 306 g/mol. The third-order valence-corrected chi connectivity index (χ3v) is 4.29. The standard InChI is InChI=1S/C17H26N2O3/c1-13-11-14(22-2)7-8-15(13)19-16(20)18-12-17(21)9-5-3-4-6-10-17/h7-8,11,21H,3-6,9-10,12H2,1-2H3,(H2,18,19,20). The van der Waals surface area contributed by atoms with E-state index in [1.807, 2.05) is 19.1 Å². The Morgan fingerprint density at radius 3 is 2.55 bits per heavy atom. The number of benzene rings is 1. The van der Waals surface area contributed by atoms with Crippen molar-refractivity contribution in [2.24, 2.45) is 0 Å². The van der Waals surface area contributed by atoms with E-state index in [4.69, 9.17) is 4.74 Å². The Kier molecular flexibility index (Phi) is 5.66. The number of amides is 2. The number of urea groups is 1. The molecule has 0 aromatic heterocycles. The van der Waals surface area contributed by atoms with Crippen molar-refractivity contribution in [3.8, 4) is 5.75 Å². The van der Waals surface area contributed by atoms with Gasteiger partial charge in [0.25, 0.3) is 0 Å². The minimum atomic E-state index is -0.761. The van der Waals surface area contributed by atoms with Crippen molar-refractivity contribution in [2.45, 2.75) is 51.0 Å². The van der Waals surface area contributed by atoms with Gasteiger partial charge in [-0.1, -0.05) is 25.7 Å². The van der Waals surface area contributed by atoms with E-state index < -0.39 is 5.60 Å². The van der Waals surface area contributed by atoms with Crippen molar-refractivity contribution in [3.63, 3.8) is 0 Å². The summed E-state index contributed by atoms with van der Waals surface area (Å²) in [5, 5.41) is 16.1. The van der Waals surface area contributed by atoms with Gasteiger partial charge in [-0.15, -0.1) is 0 Å². The number of aliphatic hydroxyl groups is 1. The molecule has 5 heteroatoms. The molecular weight excluding hydrogens is 280 g/mol. The van der Waals surface area contributed by atoms with E-state index in [1.54, 1.807) is 13.2 Å². The molecule has 1 saturated carbocycles. The maximum absolute atomic E-state index is 12.0. The van der Waals surface area contributed by atoms with Crippen LogP contribution in [0.2, 0.25) is 0 Å². The Morgan fingerprint density at radius 1 is 1.27 bits per heavy atom. The first-order valence-electron chi connectivity index (χ1n) is 7.94. The maximum atomic E-state index is 12.0. The lowest BCUT2D eigenvalue weighted by Crippen LogP contribution is -2.44. The molecule has 1 aliphatic rings. The molecule has 0 saturated heterocycles. The largest absolute Gasteiger partial charge is 0.497 e. The second-order valence-electron chi connectivity index (χ2n) is 6.13. The molecule has 1 aliphatic carbocycles. The number of carbonyl (C=O) groups is 1. The van der Waals surface area contributed by atoms with Gasteiger partial charge >= 0.3 is 6.03 Å². The molecule has 0 bridgehead atoms. The molecule has 0 atom stereocenters. The van der Waals surface area contributed by atoms with E-state index in [2.05, 4.69) is 10.6 Å². The topological polar surface area (TPSA) is 70.6 Å². The van der Waals surface area contributed by atoms with Crippen LogP contribution in [0.25, 0.3) is 0 Å². The molecule has 1 aromatic carbocycles. The number of methoxy groups -OCH3 is 1.